The number of aromatic nitrogens is 1. The van der Waals surface area contributed by atoms with E-state index in [-0.39, 0.29) is 5.91 Å². The molecule has 5 nitrogen and oxygen atoms in total. The van der Waals surface area contributed by atoms with E-state index in [0.29, 0.717) is 24.1 Å². The lowest BCUT2D eigenvalue weighted by molar-refractivity contribution is -0.148. The molecule has 0 bridgehead atoms. The van der Waals surface area contributed by atoms with E-state index in [1.54, 1.807) is 13.0 Å². The Morgan fingerprint density at radius 3 is 2.55 bits per heavy atom. The summed E-state index contributed by atoms with van der Waals surface area (Å²) in [6.07, 6.45) is 1.78. The summed E-state index contributed by atoms with van der Waals surface area (Å²) >= 11 is 0. The van der Waals surface area contributed by atoms with Crippen molar-refractivity contribution >= 4 is 22.8 Å². The normalized spacial score (nSPS) is 16.1. The van der Waals surface area contributed by atoms with Crippen molar-refractivity contribution in [1.82, 2.24) is 10.3 Å². The molecule has 1 amide bonds. The number of benzene rings is 1. The summed E-state index contributed by atoms with van der Waals surface area (Å²) in [5.41, 5.74) is 1.85. The number of hydrogen-bond acceptors (Lipinski definition) is 3. The summed E-state index contributed by atoms with van der Waals surface area (Å²) in [7, 11) is 0. The number of aliphatic carboxylic acids is 1. The second-order valence-corrected chi connectivity index (χ2v) is 6.01. The zero-order valence-corrected chi connectivity index (χ0v) is 12.6. The molecule has 1 heterocycles. The van der Waals surface area contributed by atoms with Gasteiger partial charge in [-0.15, -0.1) is 0 Å². The quantitative estimate of drug-likeness (QED) is 0.913. The number of amides is 1. The summed E-state index contributed by atoms with van der Waals surface area (Å²) in [6, 6.07) is 7.65. The minimum atomic E-state index is -1.11. The monoisotopic (exact) mass is 298 g/mol. The molecule has 0 saturated heterocycles. The molecule has 0 aliphatic heterocycles. The molecule has 1 aromatic heterocycles. The van der Waals surface area contributed by atoms with Crippen LogP contribution < -0.4 is 5.32 Å². The third-order valence-electron chi connectivity index (χ3n) is 4.37. The molecule has 0 unspecified atom stereocenters. The molecule has 1 aromatic carbocycles. The van der Waals surface area contributed by atoms with Crippen LogP contribution in [0.1, 0.15) is 40.9 Å². The Morgan fingerprint density at radius 1 is 1.23 bits per heavy atom. The summed E-state index contributed by atoms with van der Waals surface area (Å²) in [5.74, 6) is -1.33. The van der Waals surface area contributed by atoms with Gasteiger partial charge in [-0.2, -0.15) is 0 Å². The Bertz CT molecular complexity index is 779. The first kappa shape index (κ1) is 14.5. The first-order valence-electron chi connectivity index (χ1n) is 7.35. The van der Waals surface area contributed by atoms with Crippen molar-refractivity contribution < 1.29 is 14.7 Å². The lowest BCUT2D eigenvalue weighted by atomic mass is 9.76. The van der Waals surface area contributed by atoms with E-state index in [2.05, 4.69) is 10.3 Å². The van der Waals surface area contributed by atoms with E-state index in [1.165, 1.54) is 0 Å². The summed E-state index contributed by atoms with van der Waals surface area (Å²) < 4.78 is 0. The molecular formula is C17H18N2O3. The highest BCUT2D eigenvalue weighted by molar-refractivity contribution is 6.01. The Labute approximate surface area is 128 Å². The average Bonchev–Trinajstić information content (AvgIpc) is 2.41. The first-order valence-corrected chi connectivity index (χ1v) is 7.35. The van der Waals surface area contributed by atoms with E-state index in [9.17, 15) is 14.7 Å². The maximum absolute atomic E-state index is 12.5. The van der Waals surface area contributed by atoms with Crippen LogP contribution in [0.25, 0.3) is 10.9 Å². The van der Waals surface area contributed by atoms with Gasteiger partial charge in [-0.1, -0.05) is 11.6 Å². The SMILES string of the molecule is Cc1ccc2nc(C)c(C(=O)NC3(C(=O)O)CCC3)cc2c1. The Kier molecular flexibility index (Phi) is 3.35. The topological polar surface area (TPSA) is 79.3 Å². The number of carbonyl (C=O) groups excluding carboxylic acids is 1. The van der Waals surface area contributed by atoms with E-state index in [1.807, 2.05) is 25.1 Å². The molecule has 0 atom stereocenters. The molecule has 1 fully saturated rings. The lowest BCUT2D eigenvalue weighted by Crippen LogP contribution is -2.59. The second kappa shape index (κ2) is 5.09. The standard InChI is InChI=1S/C17H18N2O3/c1-10-4-5-14-12(8-10)9-13(11(2)18-14)15(20)19-17(16(21)22)6-3-7-17/h4-5,8-9H,3,6-7H2,1-2H3,(H,19,20)(H,21,22). The molecule has 1 aliphatic carbocycles. The van der Waals surface area contributed by atoms with Crippen molar-refractivity contribution in [3.63, 3.8) is 0 Å². The van der Waals surface area contributed by atoms with E-state index >= 15 is 0 Å². The summed E-state index contributed by atoms with van der Waals surface area (Å²) in [5, 5.41) is 12.9. The van der Waals surface area contributed by atoms with Gasteiger partial charge in [0.05, 0.1) is 16.8 Å². The number of fused-ring (bicyclic) bond motifs is 1. The summed E-state index contributed by atoms with van der Waals surface area (Å²) in [4.78, 5) is 28.3. The summed E-state index contributed by atoms with van der Waals surface area (Å²) in [6.45, 7) is 3.75. The van der Waals surface area contributed by atoms with Crippen molar-refractivity contribution in [1.29, 1.82) is 0 Å². The number of aryl methyl sites for hydroxylation is 2. The largest absolute Gasteiger partial charge is 0.480 e. The smallest absolute Gasteiger partial charge is 0.329 e. The van der Waals surface area contributed by atoms with Gasteiger partial charge < -0.3 is 10.4 Å². The fraction of sp³-hybridized carbons (Fsp3) is 0.353. The number of carbonyl (C=O) groups is 2. The van der Waals surface area contributed by atoms with E-state index in [4.69, 9.17) is 0 Å². The number of pyridine rings is 1. The van der Waals surface area contributed by atoms with Crippen molar-refractivity contribution in [2.24, 2.45) is 0 Å². The zero-order chi connectivity index (χ0) is 15.9. The van der Waals surface area contributed by atoms with E-state index in [0.717, 1.165) is 22.9 Å². The van der Waals surface area contributed by atoms with Gasteiger partial charge in [0.1, 0.15) is 5.54 Å². The van der Waals surface area contributed by atoms with Crippen LogP contribution in [0.4, 0.5) is 0 Å². The first-order chi connectivity index (χ1) is 10.4. The van der Waals surface area contributed by atoms with Crippen LogP contribution in [0.2, 0.25) is 0 Å². The highest BCUT2D eigenvalue weighted by Gasteiger charge is 2.45. The number of carboxylic acid groups (broad SMARTS) is 1. The highest BCUT2D eigenvalue weighted by Crippen LogP contribution is 2.32. The molecule has 2 aromatic rings. The van der Waals surface area contributed by atoms with Crippen LogP contribution in [-0.2, 0) is 4.79 Å². The van der Waals surface area contributed by atoms with Crippen molar-refractivity contribution in [2.45, 2.75) is 38.6 Å². The molecule has 22 heavy (non-hydrogen) atoms. The Balaban J connectivity index is 1.96. The Morgan fingerprint density at radius 2 is 1.95 bits per heavy atom. The fourth-order valence-electron chi connectivity index (χ4n) is 2.83. The van der Waals surface area contributed by atoms with E-state index < -0.39 is 11.5 Å². The molecular weight excluding hydrogens is 280 g/mol. The van der Waals surface area contributed by atoms with Gasteiger partial charge in [0, 0.05) is 5.39 Å². The fourth-order valence-corrected chi connectivity index (χ4v) is 2.83. The van der Waals surface area contributed by atoms with Crippen molar-refractivity contribution in [2.75, 3.05) is 0 Å². The van der Waals surface area contributed by atoms with Gasteiger partial charge in [0.2, 0.25) is 0 Å². The second-order valence-electron chi connectivity index (χ2n) is 6.01. The number of hydrogen-bond donors (Lipinski definition) is 2. The maximum atomic E-state index is 12.5. The minimum Gasteiger partial charge on any atom is -0.480 e. The number of nitrogens with zero attached hydrogens (tertiary/aromatic N) is 1. The predicted octanol–water partition coefficient (Wildman–Crippen LogP) is 2.59. The van der Waals surface area contributed by atoms with Gasteiger partial charge in [0.25, 0.3) is 5.91 Å². The predicted molar refractivity (Wildman–Crippen MR) is 82.9 cm³/mol. The highest BCUT2D eigenvalue weighted by atomic mass is 16.4. The van der Waals surface area contributed by atoms with Gasteiger partial charge in [0.15, 0.2) is 0 Å². The van der Waals surface area contributed by atoms with Gasteiger partial charge in [-0.3, -0.25) is 9.78 Å². The average molecular weight is 298 g/mol. The molecule has 1 aliphatic rings. The molecule has 0 radical (unpaired) electrons. The van der Waals surface area contributed by atoms with Crippen LogP contribution in [0, 0.1) is 13.8 Å². The van der Waals surface area contributed by atoms with Crippen molar-refractivity contribution in [3.8, 4) is 0 Å². The molecule has 114 valence electrons. The molecule has 0 spiro atoms. The van der Waals surface area contributed by atoms with Gasteiger partial charge in [-0.25, -0.2) is 4.79 Å². The van der Waals surface area contributed by atoms with Crippen molar-refractivity contribution in [3.05, 3.63) is 41.1 Å². The number of carboxylic acids is 1. The number of nitrogens with one attached hydrogen (secondary N) is 1. The lowest BCUT2D eigenvalue weighted by Gasteiger charge is -2.38. The molecule has 5 heteroatoms. The van der Waals surface area contributed by atoms with Crippen LogP contribution in [-0.4, -0.2) is 27.5 Å². The minimum absolute atomic E-state index is 0.365. The van der Waals surface area contributed by atoms with Crippen LogP contribution in [0.15, 0.2) is 24.3 Å². The van der Waals surface area contributed by atoms with Crippen LogP contribution in [0.3, 0.4) is 0 Å². The van der Waals surface area contributed by atoms with Gasteiger partial charge >= 0.3 is 5.97 Å². The Hall–Kier alpha value is -2.43. The maximum Gasteiger partial charge on any atom is 0.329 e. The zero-order valence-electron chi connectivity index (χ0n) is 12.6. The molecule has 3 rings (SSSR count). The third kappa shape index (κ3) is 2.32. The molecule has 2 N–H and O–H groups in total. The molecule has 1 saturated carbocycles. The van der Waals surface area contributed by atoms with Crippen LogP contribution >= 0.6 is 0 Å². The van der Waals surface area contributed by atoms with Gasteiger partial charge in [-0.05, 0) is 51.3 Å². The third-order valence-corrected chi connectivity index (χ3v) is 4.37. The number of rotatable bonds is 3. The van der Waals surface area contributed by atoms with Crippen LogP contribution in [0.5, 0.6) is 0 Å².